The van der Waals surface area contributed by atoms with Crippen molar-refractivity contribution in [2.45, 2.75) is 49.2 Å². The normalized spacial score (nSPS) is 20.6. The summed E-state index contributed by atoms with van der Waals surface area (Å²) in [5.41, 5.74) is 1.43. The van der Waals surface area contributed by atoms with E-state index in [4.69, 9.17) is 28.4 Å². The number of imide groups is 2. The summed E-state index contributed by atoms with van der Waals surface area (Å²) in [5.74, 6) is -4.18. The van der Waals surface area contributed by atoms with Gasteiger partial charge in [0.05, 0.1) is 22.3 Å². The Morgan fingerprint density at radius 3 is 1.36 bits per heavy atom. The molecule has 0 radical (unpaired) electrons. The highest BCUT2D eigenvalue weighted by atomic mass is 19.1. The van der Waals surface area contributed by atoms with Crippen LogP contribution in [0.15, 0.2) is 219 Å². The second-order valence-electron chi connectivity index (χ2n) is 18.9. The number of amides is 6. The van der Waals surface area contributed by atoms with E-state index in [0.717, 1.165) is 19.6 Å². The zero-order valence-corrected chi connectivity index (χ0v) is 45.2. The van der Waals surface area contributed by atoms with Gasteiger partial charge < -0.3 is 28.4 Å². The van der Waals surface area contributed by atoms with Crippen LogP contribution in [0.2, 0.25) is 0 Å². The number of urea groups is 2. The number of carbonyl (C=O) groups excluding carboxylic acids is 8. The van der Waals surface area contributed by atoms with Crippen LogP contribution in [0.1, 0.15) is 62.1 Å². The van der Waals surface area contributed by atoms with Gasteiger partial charge in [0.15, 0.2) is 37.0 Å². The smallest absolute Gasteiger partial charge is 0.338 e. The molecule has 3 heterocycles. The molecular formula is C64H58F2N4O14. The maximum absolute atomic E-state index is 16.2. The maximum atomic E-state index is 16.2. The Balaban J connectivity index is 0.000000219. The topological polar surface area (TPSA) is 205 Å². The van der Waals surface area contributed by atoms with Gasteiger partial charge in [0.25, 0.3) is 11.8 Å². The molecule has 6 aromatic rings. The summed E-state index contributed by atoms with van der Waals surface area (Å²) >= 11 is 0. The van der Waals surface area contributed by atoms with Crippen molar-refractivity contribution in [2.24, 2.45) is 0 Å². The number of rotatable bonds is 18. The number of hydrogen-bond acceptors (Lipinski definition) is 14. The van der Waals surface area contributed by atoms with Crippen LogP contribution < -0.4 is 0 Å². The van der Waals surface area contributed by atoms with Crippen LogP contribution >= 0.6 is 0 Å². The molecule has 6 amide bonds. The second-order valence-corrected chi connectivity index (χ2v) is 18.9. The number of nitrogens with zero attached hydrogens (tertiary/aromatic N) is 4. The molecule has 1 unspecified atom stereocenters. The van der Waals surface area contributed by atoms with Gasteiger partial charge in [-0.1, -0.05) is 133 Å². The number of carbonyl (C=O) groups is 8. The number of halogens is 2. The quantitative estimate of drug-likeness (QED) is 0.0447. The standard InChI is InChI=1S/C33H31FN2O7.C31H27FN2O7/c1-3-20-35(29(37)23-14-8-5-9-15-23)33(40)36(21-4-2)30-27(34)28(43-32(39)25-18-12-7-13-19-25)26(42-30)22-41-31(38)24-16-10-6-11-17-24;32-25-26(41-30(37)23-16-8-3-9-17-23)24(20-39-29(36)22-14-6-2-7-15-22)40-28(25)34-19-11-10-18-33(31(34)38)27(35)21-12-4-1-5-13-21/h3-19,26-28,30H,1-2,20-22H2;1-17,24-26,28H,18-20H2/t26-,27+,28-,30?;24-,25+,26-,28-/m11/s1. The molecule has 3 aliphatic rings. The molecular weight excluding hydrogens is 1090 g/mol. The first-order valence-electron chi connectivity index (χ1n) is 26.6. The van der Waals surface area contributed by atoms with Crippen molar-refractivity contribution < 1.29 is 75.6 Å². The van der Waals surface area contributed by atoms with Crippen molar-refractivity contribution >= 4 is 47.8 Å². The highest BCUT2D eigenvalue weighted by Gasteiger charge is 2.54. The van der Waals surface area contributed by atoms with Gasteiger partial charge >= 0.3 is 35.9 Å². The fraction of sp³-hybridized carbons (Fsp3) is 0.219. The van der Waals surface area contributed by atoms with Gasteiger partial charge in [0, 0.05) is 37.3 Å². The van der Waals surface area contributed by atoms with Crippen molar-refractivity contribution in [2.75, 3.05) is 39.4 Å². The molecule has 2 saturated heterocycles. The van der Waals surface area contributed by atoms with Crippen LogP contribution in [0.4, 0.5) is 18.4 Å². The van der Waals surface area contributed by atoms with Crippen LogP contribution in [-0.4, -0.2) is 156 Å². The average molecular weight is 1150 g/mol. The lowest BCUT2D eigenvalue weighted by Crippen LogP contribution is -2.53. The van der Waals surface area contributed by atoms with Gasteiger partial charge in [-0.15, -0.1) is 13.2 Å². The molecule has 432 valence electrons. The van der Waals surface area contributed by atoms with Crippen LogP contribution in [0.25, 0.3) is 0 Å². The number of hydrogen-bond donors (Lipinski definition) is 0. The number of benzene rings is 6. The van der Waals surface area contributed by atoms with Gasteiger partial charge in [0.1, 0.15) is 25.4 Å². The summed E-state index contributed by atoms with van der Waals surface area (Å²) < 4.78 is 66.0. The van der Waals surface area contributed by atoms with E-state index in [1.54, 1.807) is 170 Å². The third-order valence-electron chi connectivity index (χ3n) is 13.3. The molecule has 9 rings (SSSR count). The molecule has 18 nitrogen and oxygen atoms in total. The Hall–Kier alpha value is -9.92. The van der Waals surface area contributed by atoms with E-state index in [2.05, 4.69) is 13.2 Å². The van der Waals surface area contributed by atoms with Gasteiger partial charge in [-0.3, -0.25) is 29.2 Å². The Morgan fingerprint density at radius 1 is 0.512 bits per heavy atom. The zero-order valence-electron chi connectivity index (χ0n) is 45.2. The van der Waals surface area contributed by atoms with Crippen molar-refractivity contribution in [3.63, 3.8) is 0 Å². The molecule has 8 atom stereocenters. The average Bonchev–Trinajstić information content (AvgIpc) is 3.29. The molecule has 84 heavy (non-hydrogen) atoms. The van der Waals surface area contributed by atoms with E-state index in [1.807, 2.05) is 0 Å². The lowest BCUT2D eigenvalue weighted by Gasteiger charge is -2.33. The van der Waals surface area contributed by atoms with Crippen LogP contribution in [-0.2, 0) is 28.4 Å². The zero-order chi connectivity index (χ0) is 59.5. The van der Waals surface area contributed by atoms with Gasteiger partial charge in [-0.2, -0.15) is 0 Å². The van der Waals surface area contributed by atoms with E-state index in [1.165, 1.54) is 36.4 Å². The number of alkyl halides is 2. The van der Waals surface area contributed by atoms with Gasteiger partial charge in [0.2, 0.25) is 0 Å². The molecule has 0 aliphatic carbocycles. The van der Waals surface area contributed by atoms with Gasteiger partial charge in [-0.25, -0.2) is 37.5 Å². The predicted molar refractivity (Wildman–Crippen MR) is 301 cm³/mol. The fourth-order valence-corrected chi connectivity index (χ4v) is 9.10. The molecule has 0 aromatic heterocycles. The lowest BCUT2D eigenvalue weighted by atomic mass is 10.1. The number of esters is 4. The number of ether oxygens (including phenoxy) is 6. The summed E-state index contributed by atoms with van der Waals surface area (Å²) in [7, 11) is 0. The Labute approximate surface area is 482 Å². The maximum Gasteiger partial charge on any atom is 0.338 e. The van der Waals surface area contributed by atoms with Crippen LogP contribution in [0, 0.1) is 0 Å². The summed E-state index contributed by atoms with van der Waals surface area (Å²) in [6.07, 6.45) is -6.82. The summed E-state index contributed by atoms with van der Waals surface area (Å²) in [6.45, 7) is 5.91. The highest BCUT2D eigenvalue weighted by molar-refractivity contribution is 6.05. The molecule has 3 aliphatic heterocycles. The summed E-state index contributed by atoms with van der Waals surface area (Å²) in [6, 6.07) is 47.1. The molecule has 2 fully saturated rings. The van der Waals surface area contributed by atoms with E-state index < -0.39 is 110 Å². The summed E-state index contributed by atoms with van der Waals surface area (Å²) in [4.78, 5) is 109. The summed E-state index contributed by atoms with van der Waals surface area (Å²) in [5, 5.41) is 0. The van der Waals surface area contributed by atoms with E-state index in [9.17, 15) is 38.4 Å². The van der Waals surface area contributed by atoms with E-state index in [0.29, 0.717) is 5.56 Å². The first-order valence-corrected chi connectivity index (χ1v) is 26.6. The first-order chi connectivity index (χ1) is 40.8. The minimum Gasteiger partial charge on any atom is -0.459 e. The fourth-order valence-electron chi connectivity index (χ4n) is 9.10. The Kier molecular flexibility index (Phi) is 20.9. The molecule has 20 heteroatoms. The Bertz CT molecular complexity index is 3290. The highest BCUT2D eigenvalue weighted by Crippen LogP contribution is 2.34. The minimum absolute atomic E-state index is 0.0166. The monoisotopic (exact) mass is 1140 g/mol. The molecule has 0 bridgehead atoms. The SMILES string of the molecule is C=CCN(C(=O)c1ccccc1)C(=O)N(CC=C)C1O[C@H](COC(=O)c2ccccc2)[C@@H](OC(=O)c2ccccc2)[C@@H]1F.O=C(OC[C@H]1O[C@@H](N2CC=CCN(C(=O)c3ccccc3)C2=O)[C@@H](F)[C@@H]1OC(=O)c1ccccc1)c1ccccc1. The van der Waals surface area contributed by atoms with E-state index in [-0.39, 0.29) is 54.0 Å². The minimum atomic E-state index is -2.07. The first kappa shape index (κ1) is 60.2. The van der Waals surface area contributed by atoms with Gasteiger partial charge in [-0.05, 0) is 72.8 Å². The third-order valence-corrected chi connectivity index (χ3v) is 13.3. The molecule has 6 aromatic carbocycles. The van der Waals surface area contributed by atoms with E-state index >= 15 is 8.78 Å². The molecule has 0 saturated carbocycles. The van der Waals surface area contributed by atoms with Crippen LogP contribution in [0.5, 0.6) is 0 Å². The third kappa shape index (κ3) is 14.8. The second kappa shape index (κ2) is 29.2. The largest absolute Gasteiger partial charge is 0.459 e. The molecule has 0 spiro atoms. The molecule has 0 N–H and O–H groups in total. The lowest BCUT2D eigenvalue weighted by molar-refractivity contribution is -0.0754. The van der Waals surface area contributed by atoms with Crippen molar-refractivity contribution in [1.29, 1.82) is 0 Å². The van der Waals surface area contributed by atoms with Crippen molar-refractivity contribution in [3.05, 3.63) is 253 Å². The van der Waals surface area contributed by atoms with Crippen LogP contribution in [0.3, 0.4) is 0 Å². The van der Waals surface area contributed by atoms with Crippen molar-refractivity contribution in [1.82, 2.24) is 19.6 Å². The Morgan fingerprint density at radius 2 is 0.905 bits per heavy atom. The predicted octanol–water partition coefficient (Wildman–Crippen LogP) is 9.33. The van der Waals surface area contributed by atoms with Crippen molar-refractivity contribution in [3.8, 4) is 0 Å².